The number of nitrogens with zero attached hydrogens (tertiary/aromatic N) is 1. The van der Waals surface area contributed by atoms with Gasteiger partial charge < -0.3 is 15.2 Å². The number of benzene rings is 1. The Hall–Kier alpha value is -2.43. The summed E-state index contributed by atoms with van der Waals surface area (Å²) in [5.74, 6) is -2.87. The summed E-state index contributed by atoms with van der Waals surface area (Å²) < 4.78 is 4.77. The number of non-ortho nitro benzene ring substituents is 1. The van der Waals surface area contributed by atoms with Gasteiger partial charge in [0.05, 0.1) is 29.1 Å². The number of dihydropyridines is 1. The maximum absolute atomic E-state index is 12.2. The molecular formula is C16H17IN2O6. The molecule has 25 heavy (non-hydrogen) atoms. The molecule has 0 bridgehead atoms. The van der Waals surface area contributed by atoms with Gasteiger partial charge in [0.2, 0.25) is 0 Å². The van der Waals surface area contributed by atoms with Gasteiger partial charge in [0.25, 0.3) is 5.69 Å². The van der Waals surface area contributed by atoms with E-state index >= 15 is 0 Å². The van der Waals surface area contributed by atoms with E-state index in [-0.39, 0.29) is 40.8 Å². The highest BCUT2D eigenvalue weighted by Gasteiger charge is 2.37. The second-order valence-corrected chi connectivity index (χ2v) is 5.28. The first-order chi connectivity index (χ1) is 11.3. The van der Waals surface area contributed by atoms with E-state index in [4.69, 9.17) is 4.74 Å². The number of rotatable bonds is 4. The SMILES string of the molecule is COC(=O)C1=C(C)NC(C)=C(C(=O)O)[C@@H]1c1cccc([N+](=O)[O-])c1.I. The maximum atomic E-state index is 12.2. The summed E-state index contributed by atoms with van der Waals surface area (Å²) in [5, 5.41) is 23.4. The summed E-state index contributed by atoms with van der Waals surface area (Å²) in [6.45, 7) is 3.20. The number of ether oxygens (including phenoxy) is 1. The lowest BCUT2D eigenvalue weighted by Crippen LogP contribution is -2.31. The van der Waals surface area contributed by atoms with Crippen molar-refractivity contribution in [1.82, 2.24) is 5.32 Å². The van der Waals surface area contributed by atoms with Gasteiger partial charge in [0.15, 0.2) is 0 Å². The van der Waals surface area contributed by atoms with Gasteiger partial charge in [0.1, 0.15) is 0 Å². The fourth-order valence-electron chi connectivity index (χ4n) is 2.81. The van der Waals surface area contributed by atoms with Gasteiger partial charge in [0, 0.05) is 23.5 Å². The molecule has 0 aliphatic carbocycles. The average molecular weight is 460 g/mol. The molecule has 0 saturated heterocycles. The fraction of sp³-hybridized carbons (Fsp3) is 0.250. The molecule has 0 unspecified atom stereocenters. The summed E-state index contributed by atoms with van der Waals surface area (Å²) >= 11 is 0. The van der Waals surface area contributed by atoms with Gasteiger partial charge in [-0.25, -0.2) is 9.59 Å². The molecular weight excluding hydrogens is 443 g/mol. The first kappa shape index (κ1) is 20.6. The lowest BCUT2D eigenvalue weighted by Gasteiger charge is -2.29. The minimum Gasteiger partial charge on any atom is -0.478 e. The van der Waals surface area contributed by atoms with Gasteiger partial charge in [-0.05, 0) is 19.4 Å². The van der Waals surface area contributed by atoms with E-state index in [2.05, 4.69) is 5.32 Å². The highest BCUT2D eigenvalue weighted by atomic mass is 127. The lowest BCUT2D eigenvalue weighted by atomic mass is 9.80. The van der Waals surface area contributed by atoms with Crippen LogP contribution in [0.3, 0.4) is 0 Å². The average Bonchev–Trinajstić information content (AvgIpc) is 2.53. The molecule has 1 aliphatic rings. The topological polar surface area (TPSA) is 119 Å². The minimum atomic E-state index is -1.22. The Labute approximate surface area is 160 Å². The number of esters is 1. The molecule has 1 atom stereocenters. The molecule has 134 valence electrons. The van der Waals surface area contributed by atoms with E-state index in [0.29, 0.717) is 17.0 Å². The number of carbonyl (C=O) groups excluding carboxylic acids is 1. The van der Waals surface area contributed by atoms with Crippen molar-refractivity contribution in [3.8, 4) is 0 Å². The predicted molar refractivity (Wildman–Crippen MR) is 99.4 cm³/mol. The van der Waals surface area contributed by atoms with Crippen LogP contribution in [-0.4, -0.2) is 29.1 Å². The van der Waals surface area contributed by atoms with Crippen molar-refractivity contribution in [3.05, 3.63) is 62.5 Å². The van der Waals surface area contributed by atoms with Crippen molar-refractivity contribution in [3.63, 3.8) is 0 Å². The third kappa shape index (κ3) is 3.98. The van der Waals surface area contributed by atoms with Crippen molar-refractivity contribution >= 4 is 41.6 Å². The first-order valence-corrected chi connectivity index (χ1v) is 7.02. The lowest BCUT2D eigenvalue weighted by molar-refractivity contribution is -0.384. The highest BCUT2D eigenvalue weighted by molar-refractivity contribution is 14.0. The van der Waals surface area contributed by atoms with Crippen LogP contribution in [-0.2, 0) is 14.3 Å². The molecule has 0 spiro atoms. The highest BCUT2D eigenvalue weighted by Crippen LogP contribution is 2.39. The molecule has 2 rings (SSSR count). The van der Waals surface area contributed by atoms with E-state index < -0.39 is 22.8 Å². The van der Waals surface area contributed by atoms with Crippen molar-refractivity contribution in [2.45, 2.75) is 19.8 Å². The molecule has 0 amide bonds. The molecule has 1 aromatic rings. The van der Waals surface area contributed by atoms with E-state index in [0.717, 1.165) is 0 Å². The van der Waals surface area contributed by atoms with Crippen LogP contribution >= 0.6 is 24.0 Å². The zero-order chi connectivity index (χ0) is 18.0. The molecule has 0 radical (unpaired) electrons. The Morgan fingerprint density at radius 2 is 1.84 bits per heavy atom. The van der Waals surface area contributed by atoms with Crippen LogP contribution in [0, 0.1) is 10.1 Å². The van der Waals surface area contributed by atoms with Crippen LogP contribution in [0.15, 0.2) is 46.8 Å². The van der Waals surface area contributed by atoms with Gasteiger partial charge in [-0.15, -0.1) is 24.0 Å². The molecule has 0 saturated carbocycles. The Kier molecular flexibility index (Phi) is 6.68. The standard InChI is InChI=1S/C16H16N2O6.HI/c1-8-12(15(19)20)14(13(9(2)17-8)16(21)24-3)10-5-4-6-11(7-10)18(22)23;/h4-7,14,17H,1-3H3,(H,19,20);1H/t14-;/m0./s1. The van der Waals surface area contributed by atoms with E-state index in [9.17, 15) is 24.8 Å². The zero-order valence-electron chi connectivity index (χ0n) is 13.7. The van der Waals surface area contributed by atoms with Crippen molar-refractivity contribution < 1.29 is 24.4 Å². The Balaban J connectivity index is 0.00000312. The van der Waals surface area contributed by atoms with Crippen LogP contribution in [0.25, 0.3) is 0 Å². The van der Waals surface area contributed by atoms with Crippen LogP contribution < -0.4 is 5.32 Å². The number of halogens is 1. The number of nitro groups is 1. The number of carboxylic acids is 1. The van der Waals surface area contributed by atoms with Crippen molar-refractivity contribution in [1.29, 1.82) is 0 Å². The summed E-state index contributed by atoms with van der Waals surface area (Å²) in [6, 6.07) is 5.57. The molecule has 1 aromatic carbocycles. The number of hydrogen-bond donors (Lipinski definition) is 2. The molecule has 8 nitrogen and oxygen atoms in total. The van der Waals surface area contributed by atoms with Gasteiger partial charge >= 0.3 is 11.9 Å². The maximum Gasteiger partial charge on any atom is 0.336 e. The summed E-state index contributed by atoms with van der Waals surface area (Å²) in [4.78, 5) is 34.3. The third-order valence-electron chi connectivity index (χ3n) is 3.81. The number of allylic oxidation sites excluding steroid dienone is 2. The first-order valence-electron chi connectivity index (χ1n) is 7.02. The Bertz CT molecular complexity index is 800. The second kappa shape index (κ2) is 8.10. The number of carbonyl (C=O) groups is 2. The summed E-state index contributed by atoms with van der Waals surface area (Å²) in [7, 11) is 1.19. The van der Waals surface area contributed by atoms with Crippen LogP contribution in [0.4, 0.5) is 5.69 Å². The van der Waals surface area contributed by atoms with Gasteiger partial charge in [-0.2, -0.15) is 0 Å². The molecule has 1 aliphatic heterocycles. The quantitative estimate of drug-likeness (QED) is 0.307. The number of nitrogens with one attached hydrogen (secondary N) is 1. The van der Waals surface area contributed by atoms with E-state index in [1.807, 2.05) is 0 Å². The molecule has 2 N–H and O–H groups in total. The number of aliphatic carboxylic acids is 1. The number of nitro benzene ring substituents is 1. The number of hydrogen-bond acceptors (Lipinski definition) is 6. The normalized spacial score (nSPS) is 16.7. The monoisotopic (exact) mass is 460 g/mol. The van der Waals surface area contributed by atoms with Crippen LogP contribution in [0.1, 0.15) is 25.3 Å². The van der Waals surface area contributed by atoms with E-state index in [1.54, 1.807) is 19.9 Å². The third-order valence-corrected chi connectivity index (χ3v) is 3.81. The Morgan fingerprint density at radius 3 is 2.36 bits per heavy atom. The minimum absolute atomic E-state index is 0. The largest absolute Gasteiger partial charge is 0.478 e. The van der Waals surface area contributed by atoms with Gasteiger partial charge in [-0.3, -0.25) is 10.1 Å². The van der Waals surface area contributed by atoms with Crippen LogP contribution in [0.5, 0.6) is 0 Å². The van der Waals surface area contributed by atoms with Crippen molar-refractivity contribution in [2.24, 2.45) is 0 Å². The van der Waals surface area contributed by atoms with Crippen molar-refractivity contribution in [2.75, 3.05) is 7.11 Å². The molecule has 0 fully saturated rings. The second-order valence-electron chi connectivity index (χ2n) is 5.28. The number of carboxylic acid groups (broad SMARTS) is 1. The molecule has 1 heterocycles. The number of methoxy groups -OCH3 is 1. The van der Waals surface area contributed by atoms with Gasteiger partial charge in [-0.1, -0.05) is 12.1 Å². The summed E-state index contributed by atoms with van der Waals surface area (Å²) in [5.41, 5.74) is 1.02. The zero-order valence-corrected chi connectivity index (χ0v) is 16.1. The molecule has 0 aromatic heterocycles. The van der Waals surface area contributed by atoms with E-state index in [1.165, 1.54) is 25.3 Å². The summed E-state index contributed by atoms with van der Waals surface area (Å²) in [6.07, 6.45) is 0. The predicted octanol–water partition coefficient (Wildman–Crippen LogP) is 2.71. The smallest absolute Gasteiger partial charge is 0.336 e. The van der Waals surface area contributed by atoms with Crippen LogP contribution in [0.2, 0.25) is 0 Å². The Morgan fingerprint density at radius 1 is 1.24 bits per heavy atom. The molecule has 9 heteroatoms. The fourth-order valence-corrected chi connectivity index (χ4v) is 2.81.